The summed E-state index contributed by atoms with van der Waals surface area (Å²) in [6, 6.07) is 5.98. The van der Waals surface area contributed by atoms with Crippen LogP contribution in [-0.4, -0.2) is 72.3 Å². The number of hydrogen-bond donors (Lipinski definition) is 2. The Bertz CT molecular complexity index is 1530. The molecule has 1 fully saturated rings. The Labute approximate surface area is 233 Å². The number of halogens is 4. The predicted octanol–water partition coefficient (Wildman–Crippen LogP) is 4.54. The van der Waals surface area contributed by atoms with Crippen molar-refractivity contribution in [2.24, 2.45) is 7.05 Å². The van der Waals surface area contributed by atoms with Crippen LogP contribution in [0.25, 0.3) is 22.4 Å². The predicted molar refractivity (Wildman–Crippen MR) is 144 cm³/mol. The Morgan fingerprint density at radius 3 is 2.66 bits per heavy atom. The van der Waals surface area contributed by atoms with E-state index >= 15 is 4.39 Å². The molecule has 14 heteroatoms. The van der Waals surface area contributed by atoms with E-state index in [4.69, 9.17) is 4.52 Å². The number of carbonyl (C=O) groups excluding carboxylic acids is 1. The maximum Gasteiger partial charge on any atom is 0.406 e. The van der Waals surface area contributed by atoms with Gasteiger partial charge in [-0.3, -0.25) is 14.4 Å². The number of piperidine rings is 1. The zero-order chi connectivity index (χ0) is 29.5. The number of nitrogens with one attached hydrogen (secondary N) is 2. The van der Waals surface area contributed by atoms with Gasteiger partial charge in [0, 0.05) is 42.9 Å². The highest BCUT2D eigenvalue weighted by molar-refractivity contribution is 5.96. The molecule has 0 aliphatic carbocycles. The Hall–Kier alpha value is -3.94. The minimum absolute atomic E-state index is 0.0188. The van der Waals surface area contributed by atoms with Gasteiger partial charge in [-0.15, -0.1) is 0 Å². The lowest BCUT2D eigenvalue weighted by molar-refractivity contribution is -0.139. The van der Waals surface area contributed by atoms with Gasteiger partial charge in [-0.25, -0.2) is 4.39 Å². The molecule has 1 aliphatic rings. The third-order valence-electron chi connectivity index (χ3n) is 7.18. The molecule has 1 aromatic carbocycles. The smallest absolute Gasteiger partial charge is 0.379 e. The summed E-state index contributed by atoms with van der Waals surface area (Å²) in [6.07, 6.45) is -2.21. The lowest BCUT2D eigenvalue weighted by atomic mass is 9.96. The molecule has 0 unspecified atom stereocenters. The molecule has 10 nitrogen and oxygen atoms in total. The average molecular weight is 577 g/mol. The summed E-state index contributed by atoms with van der Waals surface area (Å²) in [5.74, 6) is -0.464. The summed E-state index contributed by atoms with van der Waals surface area (Å²) >= 11 is 0. The molecule has 4 heterocycles. The number of rotatable bonds is 7. The second kappa shape index (κ2) is 10.8. The molecular formula is C27H32F4N8O2. The van der Waals surface area contributed by atoms with Gasteiger partial charge in [-0.1, -0.05) is 11.2 Å². The zero-order valence-corrected chi connectivity index (χ0v) is 23.2. The molecule has 2 atom stereocenters. The number of aryl methyl sites for hydroxylation is 1. The summed E-state index contributed by atoms with van der Waals surface area (Å²) in [5, 5.41) is 14.2. The Morgan fingerprint density at radius 2 is 2.00 bits per heavy atom. The lowest BCUT2D eigenvalue weighted by Gasteiger charge is -2.42. The zero-order valence-electron chi connectivity index (χ0n) is 23.2. The lowest BCUT2D eigenvalue weighted by Crippen LogP contribution is -2.54. The molecule has 1 aliphatic heterocycles. The second-order valence-electron chi connectivity index (χ2n) is 11.2. The second-order valence-corrected chi connectivity index (χ2v) is 11.2. The van der Waals surface area contributed by atoms with Gasteiger partial charge < -0.3 is 19.7 Å². The van der Waals surface area contributed by atoms with E-state index in [1.807, 2.05) is 20.8 Å². The molecule has 220 valence electrons. The number of nitrogens with zero attached hydrogens (tertiary/aromatic N) is 6. The third kappa shape index (κ3) is 6.37. The van der Waals surface area contributed by atoms with Crippen LogP contribution in [0, 0.1) is 0 Å². The monoisotopic (exact) mass is 576 g/mol. The number of hydrogen-bond acceptors (Lipinski definition) is 7. The van der Waals surface area contributed by atoms with Crippen molar-refractivity contribution < 1.29 is 26.9 Å². The van der Waals surface area contributed by atoms with Crippen LogP contribution in [0.5, 0.6) is 0 Å². The van der Waals surface area contributed by atoms with Crippen LogP contribution in [0.2, 0.25) is 0 Å². The van der Waals surface area contributed by atoms with Gasteiger partial charge in [0.05, 0.1) is 35.6 Å². The Kier molecular flexibility index (Phi) is 7.53. The van der Waals surface area contributed by atoms with Crippen molar-refractivity contribution in [1.29, 1.82) is 0 Å². The van der Waals surface area contributed by atoms with Crippen LogP contribution < -0.4 is 10.6 Å². The van der Waals surface area contributed by atoms with Crippen molar-refractivity contribution in [2.75, 3.05) is 18.4 Å². The third-order valence-corrected chi connectivity index (χ3v) is 7.18. The Morgan fingerprint density at radius 1 is 1.22 bits per heavy atom. The van der Waals surface area contributed by atoms with E-state index in [1.54, 1.807) is 31.3 Å². The summed E-state index contributed by atoms with van der Waals surface area (Å²) in [7, 11) is 1.67. The molecule has 1 amide bonds. The standard InChI is InChI=1S/C27H32F4N8O2/c1-26(2,3)38-9-8-20(18(28)14-38)34-19-6-5-7-21-17(19)10-22(39(21)15-27(29,30)31)24-35-23(41-36-24)12-32-25(40)16-11-33-37(4)13-16/h5-7,10-11,13,18,20,34H,8-9,12,14-15H2,1-4H3,(H,32,40)/t18-,20+/m0/s1. The van der Waals surface area contributed by atoms with Gasteiger partial charge in [0.2, 0.25) is 11.7 Å². The fraction of sp³-hybridized carbons (Fsp3) is 0.481. The number of fused-ring (bicyclic) bond motifs is 1. The quantitative estimate of drug-likeness (QED) is 0.311. The number of alkyl halides is 4. The SMILES string of the molecule is Cn1cc(C(=O)NCc2nc(-c3cc4c(N[C@@H]5CCN(C(C)(C)C)C[C@@H]5F)cccc4n3CC(F)(F)F)no2)cn1. The molecule has 0 radical (unpaired) electrons. The normalized spacial score (nSPS) is 18.6. The van der Waals surface area contributed by atoms with E-state index < -0.39 is 30.8 Å². The fourth-order valence-electron chi connectivity index (χ4n) is 5.05. The number of likely N-dealkylation sites (tertiary alicyclic amines) is 1. The maximum absolute atomic E-state index is 15.2. The minimum Gasteiger partial charge on any atom is -0.379 e. The molecule has 5 rings (SSSR count). The van der Waals surface area contributed by atoms with Crippen LogP contribution in [0.1, 0.15) is 43.4 Å². The first-order chi connectivity index (χ1) is 19.3. The minimum atomic E-state index is -4.53. The molecule has 41 heavy (non-hydrogen) atoms. The van der Waals surface area contributed by atoms with E-state index in [0.717, 1.165) is 4.57 Å². The highest BCUT2D eigenvalue weighted by Crippen LogP contribution is 2.35. The van der Waals surface area contributed by atoms with Crippen LogP contribution in [0.4, 0.5) is 23.2 Å². The van der Waals surface area contributed by atoms with E-state index in [-0.39, 0.29) is 36.0 Å². The van der Waals surface area contributed by atoms with Crippen LogP contribution in [0.15, 0.2) is 41.2 Å². The number of anilines is 1. The number of amides is 1. The van der Waals surface area contributed by atoms with Gasteiger partial charge in [-0.2, -0.15) is 23.3 Å². The van der Waals surface area contributed by atoms with Crippen molar-refractivity contribution in [1.82, 2.24) is 34.7 Å². The van der Waals surface area contributed by atoms with Crippen molar-refractivity contribution in [3.05, 3.63) is 48.1 Å². The van der Waals surface area contributed by atoms with Crippen molar-refractivity contribution in [2.45, 2.75) is 64.2 Å². The fourth-order valence-corrected chi connectivity index (χ4v) is 5.05. The van der Waals surface area contributed by atoms with Crippen molar-refractivity contribution >= 4 is 22.5 Å². The first kappa shape index (κ1) is 28.6. The molecule has 2 N–H and O–H groups in total. The molecular weight excluding hydrogens is 544 g/mol. The van der Waals surface area contributed by atoms with Crippen molar-refractivity contribution in [3.63, 3.8) is 0 Å². The van der Waals surface area contributed by atoms with E-state index in [1.165, 1.54) is 17.1 Å². The van der Waals surface area contributed by atoms with Gasteiger partial charge in [0.1, 0.15) is 12.7 Å². The summed E-state index contributed by atoms with van der Waals surface area (Å²) in [5.41, 5.74) is 1.07. The van der Waals surface area contributed by atoms with E-state index in [9.17, 15) is 18.0 Å². The van der Waals surface area contributed by atoms with Crippen molar-refractivity contribution in [3.8, 4) is 11.5 Å². The molecule has 0 saturated carbocycles. The van der Waals surface area contributed by atoms with E-state index in [2.05, 4.69) is 30.8 Å². The van der Waals surface area contributed by atoms with Gasteiger partial charge in [0.25, 0.3) is 5.91 Å². The molecule has 3 aromatic heterocycles. The highest BCUT2D eigenvalue weighted by Gasteiger charge is 2.35. The average Bonchev–Trinajstić information content (AvgIpc) is 3.62. The van der Waals surface area contributed by atoms with Crippen LogP contribution in [0.3, 0.4) is 0 Å². The number of benzene rings is 1. The summed E-state index contributed by atoms with van der Waals surface area (Å²) in [4.78, 5) is 18.6. The van der Waals surface area contributed by atoms with E-state index in [0.29, 0.717) is 35.1 Å². The van der Waals surface area contributed by atoms with Crippen LogP contribution in [-0.2, 0) is 20.1 Å². The molecule has 1 saturated heterocycles. The number of aromatic nitrogens is 5. The topological polar surface area (TPSA) is 106 Å². The first-order valence-corrected chi connectivity index (χ1v) is 13.2. The van der Waals surface area contributed by atoms with Gasteiger partial charge in [0.15, 0.2) is 0 Å². The summed E-state index contributed by atoms with van der Waals surface area (Å²) in [6.45, 7) is 5.66. The first-order valence-electron chi connectivity index (χ1n) is 13.2. The largest absolute Gasteiger partial charge is 0.406 e. The molecule has 4 aromatic rings. The molecule has 0 spiro atoms. The van der Waals surface area contributed by atoms with Crippen LogP contribution >= 0.6 is 0 Å². The van der Waals surface area contributed by atoms with Gasteiger partial charge >= 0.3 is 6.18 Å². The van der Waals surface area contributed by atoms with Gasteiger partial charge in [-0.05, 0) is 45.4 Å². The number of carbonyl (C=O) groups is 1. The highest BCUT2D eigenvalue weighted by atomic mass is 19.4. The summed E-state index contributed by atoms with van der Waals surface area (Å²) < 4.78 is 64.0. The maximum atomic E-state index is 15.2. The molecule has 0 bridgehead atoms. The Balaban J connectivity index is 1.41.